The molecule has 2 heterocycles. The highest BCUT2D eigenvalue weighted by atomic mass is 32.2. The van der Waals surface area contributed by atoms with Crippen LogP contribution in [0.1, 0.15) is 12.1 Å². The molecule has 28 heavy (non-hydrogen) atoms. The fraction of sp³-hybridized carbons (Fsp3) is 0.263. The quantitative estimate of drug-likeness (QED) is 0.556. The average Bonchev–Trinajstić information content (AvgIpc) is 2.69. The Kier molecular flexibility index (Phi) is 5.96. The molecule has 3 aromatic rings. The molecule has 0 aliphatic rings. The average molecular weight is 400 g/mol. The first-order valence-corrected chi connectivity index (χ1v) is 10.5. The van der Waals surface area contributed by atoms with Crippen LogP contribution in [0.5, 0.6) is 0 Å². The predicted octanol–water partition coefficient (Wildman–Crippen LogP) is 1.67. The molecule has 146 valence electrons. The SMILES string of the molecule is COCCCc1cn(-c2ccc(S(C)(=O)=O)cc2)c(=O)c(-c2cncnc2)n1. The van der Waals surface area contributed by atoms with Gasteiger partial charge in [0.25, 0.3) is 5.56 Å². The summed E-state index contributed by atoms with van der Waals surface area (Å²) in [5.41, 5.74) is 1.68. The molecular weight excluding hydrogens is 380 g/mol. The van der Waals surface area contributed by atoms with E-state index in [1.165, 1.54) is 35.4 Å². The van der Waals surface area contributed by atoms with Crippen LogP contribution in [-0.2, 0) is 21.0 Å². The first-order chi connectivity index (χ1) is 13.4. The van der Waals surface area contributed by atoms with Crippen LogP contribution in [0, 0.1) is 0 Å². The van der Waals surface area contributed by atoms with E-state index in [-0.39, 0.29) is 16.1 Å². The van der Waals surface area contributed by atoms with Crippen LogP contribution >= 0.6 is 0 Å². The molecule has 0 unspecified atom stereocenters. The van der Waals surface area contributed by atoms with Gasteiger partial charge >= 0.3 is 0 Å². The molecule has 1 aromatic carbocycles. The van der Waals surface area contributed by atoms with Crippen molar-refractivity contribution in [1.29, 1.82) is 0 Å². The third-order valence-electron chi connectivity index (χ3n) is 4.11. The van der Waals surface area contributed by atoms with E-state index in [9.17, 15) is 13.2 Å². The number of nitrogens with zero attached hydrogens (tertiary/aromatic N) is 4. The molecule has 0 spiro atoms. The molecule has 3 rings (SSSR count). The third kappa shape index (κ3) is 4.49. The zero-order chi connectivity index (χ0) is 20.1. The number of aromatic nitrogens is 4. The maximum Gasteiger partial charge on any atom is 0.281 e. The lowest BCUT2D eigenvalue weighted by atomic mass is 10.2. The lowest BCUT2D eigenvalue weighted by Gasteiger charge is -2.12. The zero-order valence-corrected chi connectivity index (χ0v) is 16.4. The fourth-order valence-electron chi connectivity index (χ4n) is 2.72. The van der Waals surface area contributed by atoms with E-state index in [2.05, 4.69) is 15.0 Å². The number of sulfone groups is 1. The van der Waals surface area contributed by atoms with Gasteiger partial charge in [-0.2, -0.15) is 0 Å². The van der Waals surface area contributed by atoms with Crippen molar-refractivity contribution < 1.29 is 13.2 Å². The fourth-order valence-corrected chi connectivity index (χ4v) is 3.35. The van der Waals surface area contributed by atoms with Crippen LogP contribution in [0.25, 0.3) is 16.9 Å². The molecule has 0 saturated heterocycles. The summed E-state index contributed by atoms with van der Waals surface area (Å²) in [7, 11) is -1.69. The minimum absolute atomic E-state index is 0.190. The van der Waals surface area contributed by atoms with Gasteiger partial charge in [0.05, 0.1) is 10.6 Å². The van der Waals surface area contributed by atoms with E-state index >= 15 is 0 Å². The third-order valence-corrected chi connectivity index (χ3v) is 5.24. The van der Waals surface area contributed by atoms with Crippen LogP contribution in [0.4, 0.5) is 0 Å². The standard InChI is InChI=1S/C19H20N4O4S/c1-27-9-3-4-15-12-23(16-5-7-17(8-6-16)28(2,25)26)19(24)18(22-15)14-10-20-13-21-11-14/h5-8,10-13H,3-4,9H2,1-2H3. The van der Waals surface area contributed by atoms with Crippen molar-refractivity contribution >= 4 is 9.84 Å². The van der Waals surface area contributed by atoms with Gasteiger partial charge < -0.3 is 4.74 Å². The highest BCUT2D eigenvalue weighted by Gasteiger charge is 2.14. The Hall–Kier alpha value is -2.91. The minimum Gasteiger partial charge on any atom is -0.385 e. The summed E-state index contributed by atoms with van der Waals surface area (Å²) in [6.07, 6.45) is 8.63. The van der Waals surface area contributed by atoms with E-state index < -0.39 is 9.84 Å². The van der Waals surface area contributed by atoms with Crippen LogP contribution < -0.4 is 5.56 Å². The van der Waals surface area contributed by atoms with Crippen molar-refractivity contribution in [2.24, 2.45) is 0 Å². The smallest absolute Gasteiger partial charge is 0.281 e. The monoisotopic (exact) mass is 400 g/mol. The zero-order valence-electron chi connectivity index (χ0n) is 15.6. The number of ether oxygens (including phenoxy) is 1. The van der Waals surface area contributed by atoms with Crippen LogP contribution in [0.3, 0.4) is 0 Å². The van der Waals surface area contributed by atoms with Gasteiger partial charge in [-0.05, 0) is 37.1 Å². The molecule has 8 nitrogen and oxygen atoms in total. The number of methoxy groups -OCH3 is 1. The topological polar surface area (TPSA) is 104 Å². The maximum atomic E-state index is 13.0. The Morgan fingerprint density at radius 2 is 1.79 bits per heavy atom. The Morgan fingerprint density at radius 3 is 2.39 bits per heavy atom. The summed E-state index contributed by atoms with van der Waals surface area (Å²) in [5, 5.41) is 0. The molecule has 0 bridgehead atoms. The lowest BCUT2D eigenvalue weighted by Crippen LogP contribution is -2.23. The molecule has 0 fully saturated rings. The molecule has 0 saturated carbocycles. The van der Waals surface area contributed by atoms with E-state index in [4.69, 9.17) is 4.74 Å². The lowest BCUT2D eigenvalue weighted by molar-refractivity contribution is 0.195. The van der Waals surface area contributed by atoms with Crippen LogP contribution in [0.2, 0.25) is 0 Å². The highest BCUT2D eigenvalue weighted by Crippen LogP contribution is 2.16. The minimum atomic E-state index is -3.32. The van der Waals surface area contributed by atoms with Gasteiger partial charge in [-0.15, -0.1) is 0 Å². The number of hydrogen-bond donors (Lipinski definition) is 0. The van der Waals surface area contributed by atoms with Crippen molar-refractivity contribution in [1.82, 2.24) is 19.5 Å². The van der Waals surface area contributed by atoms with Gasteiger partial charge in [0.2, 0.25) is 0 Å². The summed E-state index contributed by atoms with van der Waals surface area (Å²) >= 11 is 0. The van der Waals surface area contributed by atoms with Crippen LogP contribution in [-0.4, -0.2) is 47.9 Å². The highest BCUT2D eigenvalue weighted by molar-refractivity contribution is 7.90. The van der Waals surface area contributed by atoms with Gasteiger partial charge in [0.1, 0.15) is 12.0 Å². The van der Waals surface area contributed by atoms with Crippen molar-refractivity contribution in [3.05, 3.63) is 65.2 Å². The number of benzene rings is 1. The van der Waals surface area contributed by atoms with E-state index in [1.807, 2.05) is 0 Å². The molecule has 0 radical (unpaired) electrons. The van der Waals surface area contributed by atoms with Gasteiger partial charge in [0, 0.05) is 49.8 Å². The largest absolute Gasteiger partial charge is 0.385 e. The summed E-state index contributed by atoms with van der Waals surface area (Å²) in [4.78, 5) is 25.6. The van der Waals surface area contributed by atoms with Crippen molar-refractivity contribution in [3.8, 4) is 16.9 Å². The molecule has 0 N–H and O–H groups in total. The molecule has 9 heteroatoms. The van der Waals surface area contributed by atoms with E-state index in [1.54, 1.807) is 25.4 Å². The van der Waals surface area contributed by atoms with Crippen molar-refractivity contribution in [2.75, 3.05) is 20.0 Å². The number of rotatable bonds is 7. The predicted molar refractivity (Wildman–Crippen MR) is 104 cm³/mol. The molecule has 2 aromatic heterocycles. The number of hydrogen-bond acceptors (Lipinski definition) is 7. The Labute approximate surface area is 162 Å². The van der Waals surface area contributed by atoms with E-state index in [0.717, 1.165) is 12.7 Å². The van der Waals surface area contributed by atoms with Gasteiger partial charge in [-0.25, -0.2) is 23.4 Å². The molecule has 0 amide bonds. The number of aryl methyl sites for hydroxylation is 1. The van der Waals surface area contributed by atoms with Gasteiger partial charge in [-0.1, -0.05) is 0 Å². The summed E-state index contributed by atoms with van der Waals surface area (Å²) < 4.78 is 29.9. The Morgan fingerprint density at radius 1 is 1.11 bits per heavy atom. The second-order valence-electron chi connectivity index (χ2n) is 6.25. The summed E-state index contributed by atoms with van der Waals surface area (Å²) in [6.45, 7) is 0.577. The van der Waals surface area contributed by atoms with Crippen molar-refractivity contribution in [3.63, 3.8) is 0 Å². The van der Waals surface area contributed by atoms with Gasteiger partial charge in [-0.3, -0.25) is 9.36 Å². The second kappa shape index (κ2) is 8.41. The Balaban J connectivity index is 2.11. The normalized spacial score (nSPS) is 11.5. The summed E-state index contributed by atoms with van der Waals surface area (Å²) in [6, 6.07) is 6.16. The van der Waals surface area contributed by atoms with Crippen LogP contribution in [0.15, 0.2) is 58.9 Å². The molecule has 0 atom stereocenters. The molecule has 0 aliphatic carbocycles. The van der Waals surface area contributed by atoms with Crippen molar-refractivity contribution in [2.45, 2.75) is 17.7 Å². The second-order valence-corrected chi connectivity index (χ2v) is 8.26. The molecule has 0 aliphatic heterocycles. The first kappa shape index (κ1) is 19.8. The molecular formula is C19H20N4O4S. The summed E-state index contributed by atoms with van der Waals surface area (Å²) in [5.74, 6) is 0. The Bertz CT molecular complexity index is 1110. The first-order valence-electron chi connectivity index (χ1n) is 8.57. The van der Waals surface area contributed by atoms with Gasteiger partial charge in [0.15, 0.2) is 9.84 Å². The maximum absolute atomic E-state index is 13.0. The van der Waals surface area contributed by atoms with E-state index in [0.29, 0.717) is 30.0 Å².